The van der Waals surface area contributed by atoms with Crippen LogP contribution in [0.2, 0.25) is 0 Å². The zero-order chi connectivity index (χ0) is 24.1. The molecule has 1 aliphatic rings. The van der Waals surface area contributed by atoms with Gasteiger partial charge < -0.3 is 9.84 Å². The molecule has 0 spiro atoms. The maximum atomic E-state index is 14.4. The Kier molecular flexibility index (Phi) is 7.90. The number of alkyl halides is 2. The van der Waals surface area contributed by atoms with Gasteiger partial charge in [-0.2, -0.15) is 0 Å². The number of hydrogen-bond acceptors (Lipinski definition) is 3. The van der Waals surface area contributed by atoms with Gasteiger partial charge in [-0.25, -0.2) is 8.78 Å². The lowest BCUT2D eigenvalue weighted by atomic mass is 9.77. The van der Waals surface area contributed by atoms with Gasteiger partial charge in [0, 0.05) is 23.6 Å². The molecular formula is C27H30F2O3S. The highest BCUT2D eigenvalue weighted by molar-refractivity contribution is 7.12. The van der Waals surface area contributed by atoms with Gasteiger partial charge in [0.25, 0.3) is 5.92 Å². The number of aliphatic carboxylic acids is 1. The van der Waals surface area contributed by atoms with Crippen molar-refractivity contribution in [3.8, 4) is 5.75 Å². The van der Waals surface area contributed by atoms with E-state index in [2.05, 4.69) is 6.58 Å². The van der Waals surface area contributed by atoms with Crippen LogP contribution in [0, 0.1) is 0 Å². The Morgan fingerprint density at radius 1 is 1.24 bits per heavy atom. The van der Waals surface area contributed by atoms with Gasteiger partial charge >= 0.3 is 5.97 Å². The minimum Gasteiger partial charge on any atom is -0.488 e. The summed E-state index contributed by atoms with van der Waals surface area (Å²) in [7, 11) is 0. The Labute approximate surface area is 198 Å². The average molecular weight is 473 g/mol. The number of carbonyl (C=O) groups is 1. The van der Waals surface area contributed by atoms with Crippen LogP contribution in [-0.4, -0.2) is 11.1 Å². The zero-order valence-corrected chi connectivity index (χ0v) is 19.9. The quantitative estimate of drug-likeness (QED) is 0.343. The molecule has 176 valence electrons. The van der Waals surface area contributed by atoms with Crippen molar-refractivity contribution in [1.82, 2.24) is 0 Å². The van der Waals surface area contributed by atoms with Crippen LogP contribution >= 0.6 is 11.3 Å². The number of rotatable bonds is 11. The summed E-state index contributed by atoms with van der Waals surface area (Å²) in [6.45, 7) is 7.19. The Balaban J connectivity index is 1.63. The molecule has 0 saturated carbocycles. The van der Waals surface area contributed by atoms with E-state index in [0.717, 1.165) is 34.3 Å². The first-order chi connectivity index (χ1) is 15.6. The number of benzene rings is 1. The summed E-state index contributed by atoms with van der Waals surface area (Å²) in [5.41, 5.74) is 2.27. The first-order valence-corrected chi connectivity index (χ1v) is 11.8. The highest BCUT2D eigenvalue weighted by Gasteiger charge is 2.37. The normalized spacial score (nSPS) is 17.8. The second-order valence-corrected chi connectivity index (χ2v) is 10.00. The van der Waals surface area contributed by atoms with E-state index in [0.29, 0.717) is 37.0 Å². The van der Waals surface area contributed by atoms with Crippen molar-refractivity contribution in [3.05, 3.63) is 87.7 Å². The molecule has 0 fully saturated rings. The molecule has 0 saturated heterocycles. The molecule has 3 nitrogen and oxygen atoms in total. The van der Waals surface area contributed by atoms with Crippen LogP contribution < -0.4 is 4.74 Å². The topological polar surface area (TPSA) is 46.5 Å². The van der Waals surface area contributed by atoms with Gasteiger partial charge in [0.1, 0.15) is 12.4 Å². The fraction of sp³-hybridized carbons (Fsp3) is 0.370. The van der Waals surface area contributed by atoms with E-state index < -0.39 is 17.3 Å². The van der Waals surface area contributed by atoms with Crippen molar-refractivity contribution in [2.45, 2.75) is 63.9 Å². The maximum absolute atomic E-state index is 14.4. The Morgan fingerprint density at radius 3 is 2.58 bits per heavy atom. The molecule has 1 aromatic carbocycles. The van der Waals surface area contributed by atoms with Crippen molar-refractivity contribution in [3.63, 3.8) is 0 Å². The van der Waals surface area contributed by atoms with Crippen LogP contribution in [0.3, 0.4) is 0 Å². The van der Waals surface area contributed by atoms with E-state index in [4.69, 9.17) is 9.84 Å². The van der Waals surface area contributed by atoms with Gasteiger partial charge in [-0.05, 0) is 55.0 Å². The third-order valence-corrected chi connectivity index (χ3v) is 7.01. The molecule has 1 atom stereocenters. The van der Waals surface area contributed by atoms with Crippen molar-refractivity contribution >= 4 is 17.3 Å². The number of halogens is 2. The molecule has 6 heteroatoms. The molecular weight excluding hydrogens is 442 g/mol. The molecule has 33 heavy (non-hydrogen) atoms. The molecule has 0 bridgehead atoms. The van der Waals surface area contributed by atoms with E-state index in [9.17, 15) is 13.6 Å². The van der Waals surface area contributed by atoms with Gasteiger partial charge in [0.15, 0.2) is 0 Å². The lowest BCUT2D eigenvalue weighted by Crippen LogP contribution is -2.23. The predicted molar refractivity (Wildman–Crippen MR) is 129 cm³/mol. The Hall–Kier alpha value is -2.73. The van der Waals surface area contributed by atoms with E-state index >= 15 is 0 Å². The van der Waals surface area contributed by atoms with Crippen LogP contribution in [0.25, 0.3) is 0 Å². The summed E-state index contributed by atoms with van der Waals surface area (Å²) >= 11 is 1.11. The molecule has 2 aromatic rings. The highest BCUT2D eigenvalue weighted by atomic mass is 32.1. The number of hydrogen-bond donors (Lipinski definition) is 1. The first-order valence-electron chi connectivity index (χ1n) is 11.0. The Bertz CT molecular complexity index is 1040. The first kappa shape index (κ1) is 24.9. The van der Waals surface area contributed by atoms with Gasteiger partial charge in [-0.3, -0.25) is 4.79 Å². The molecule has 0 radical (unpaired) electrons. The van der Waals surface area contributed by atoms with E-state index in [1.807, 2.05) is 61.6 Å². The SMILES string of the molecule is C=C(CCCC(=O)O)Cc1ccc(OCc2cc(C3(C)C=CC=CC3)c(C(C)(F)F)s2)cc1. The lowest BCUT2D eigenvalue weighted by molar-refractivity contribution is -0.137. The highest BCUT2D eigenvalue weighted by Crippen LogP contribution is 2.45. The molecule has 1 N–H and O–H groups in total. The molecule has 1 aromatic heterocycles. The van der Waals surface area contributed by atoms with Gasteiger partial charge in [-0.1, -0.05) is 55.5 Å². The number of carboxylic acid groups (broad SMARTS) is 1. The third kappa shape index (κ3) is 6.87. The Morgan fingerprint density at radius 2 is 1.97 bits per heavy atom. The van der Waals surface area contributed by atoms with Crippen molar-refractivity contribution < 1.29 is 23.4 Å². The second-order valence-electron chi connectivity index (χ2n) is 8.86. The fourth-order valence-corrected chi connectivity index (χ4v) is 5.05. The van der Waals surface area contributed by atoms with E-state index in [-0.39, 0.29) is 17.9 Å². The lowest BCUT2D eigenvalue weighted by Gasteiger charge is -2.28. The van der Waals surface area contributed by atoms with Crippen molar-refractivity contribution in [2.75, 3.05) is 0 Å². The summed E-state index contributed by atoms with van der Waals surface area (Å²) in [4.78, 5) is 11.5. The minimum absolute atomic E-state index is 0.0975. The summed E-state index contributed by atoms with van der Waals surface area (Å²) in [5.74, 6) is -3.04. The molecule has 0 amide bonds. The van der Waals surface area contributed by atoms with Crippen LogP contribution in [0.4, 0.5) is 8.78 Å². The molecule has 0 aliphatic heterocycles. The largest absolute Gasteiger partial charge is 0.488 e. The van der Waals surface area contributed by atoms with E-state index in [1.165, 1.54) is 0 Å². The number of carboxylic acids is 1. The molecule has 1 heterocycles. The summed E-state index contributed by atoms with van der Waals surface area (Å²) < 4.78 is 34.6. The predicted octanol–water partition coefficient (Wildman–Crippen LogP) is 7.57. The number of allylic oxidation sites excluding steroid dienone is 5. The van der Waals surface area contributed by atoms with Gasteiger partial charge in [0.05, 0.1) is 4.88 Å². The monoisotopic (exact) mass is 472 g/mol. The van der Waals surface area contributed by atoms with Crippen LogP contribution in [0.5, 0.6) is 5.75 Å². The van der Waals surface area contributed by atoms with Crippen LogP contribution in [0.1, 0.15) is 60.4 Å². The van der Waals surface area contributed by atoms with Crippen LogP contribution in [0.15, 0.2) is 66.8 Å². The second kappa shape index (κ2) is 10.5. The number of thiophene rings is 1. The molecule has 1 aliphatic carbocycles. The fourth-order valence-electron chi connectivity index (χ4n) is 3.92. The molecule has 1 unspecified atom stereocenters. The molecule has 3 rings (SSSR count). The van der Waals surface area contributed by atoms with Crippen LogP contribution in [-0.2, 0) is 29.2 Å². The zero-order valence-electron chi connectivity index (χ0n) is 19.1. The summed E-state index contributed by atoms with van der Waals surface area (Å²) in [5, 5.41) is 8.73. The average Bonchev–Trinajstić information content (AvgIpc) is 3.20. The van der Waals surface area contributed by atoms with Gasteiger partial charge in [0.2, 0.25) is 0 Å². The third-order valence-electron chi connectivity index (χ3n) is 5.73. The van der Waals surface area contributed by atoms with Gasteiger partial charge in [-0.15, -0.1) is 11.3 Å². The standard InChI is InChI=1S/C27H30F2O3S/c1-19(8-7-9-24(30)31)16-20-10-12-21(13-11-20)32-18-22-17-23(25(33-22)27(3,28)29)26(2)14-5-4-6-15-26/h4-6,10-14,17H,1,7-9,15-16,18H2,2-3H3,(H,30,31). The number of ether oxygens (including phenoxy) is 1. The van der Waals surface area contributed by atoms with Crippen molar-refractivity contribution in [2.24, 2.45) is 0 Å². The minimum atomic E-state index is -2.91. The summed E-state index contributed by atoms with van der Waals surface area (Å²) in [6.07, 6.45) is 10.6. The van der Waals surface area contributed by atoms with E-state index in [1.54, 1.807) is 0 Å². The van der Waals surface area contributed by atoms with Crippen molar-refractivity contribution in [1.29, 1.82) is 0 Å². The summed E-state index contributed by atoms with van der Waals surface area (Å²) in [6, 6.07) is 9.47. The maximum Gasteiger partial charge on any atom is 0.303 e. The smallest absolute Gasteiger partial charge is 0.303 e.